The molecule has 80 valence electrons. The van der Waals surface area contributed by atoms with Crippen molar-refractivity contribution in [1.29, 1.82) is 0 Å². The standard InChI is InChI=1S/C11H11BrINO/c12-9-4-3-7(13)6-8(9)11(14)10-2-1-5-15-10/h2-4,6,11H,1,5,14H2. The van der Waals surface area contributed by atoms with E-state index < -0.39 is 0 Å². The van der Waals surface area contributed by atoms with Crippen molar-refractivity contribution in [2.24, 2.45) is 5.73 Å². The molecule has 1 aliphatic heterocycles. The summed E-state index contributed by atoms with van der Waals surface area (Å²) in [5.74, 6) is 0.887. The van der Waals surface area contributed by atoms with Crippen LogP contribution in [-0.4, -0.2) is 6.61 Å². The lowest BCUT2D eigenvalue weighted by Gasteiger charge is -2.15. The highest BCUT2D eigenvalue weighted by atomic mass is 127. The van der Waals surface area contributed by atoms with Crippen LogP contribution in [-0.2, 0) is 4.74 Å². The molecule has 0 saturated heterocycles. The lowest BCUT2D eigenvalue weighted by molar-refractivity contribution is 0.225. The van der Waals surface area contributed by atoms with Crippen LogP contribution < -0.4 is 5.73 Å². The Morgan fingerprint density at radius 3 is 2.93 bits per heavy atom. The van der Waals surface area contributed by atoms with Gasteiger partial charge >= 0.3 is 0 Å². The molecular weight excluding hydrogens is 369 g/mol. The van der Waals surface area contributed by atoms with Gasteiger partial charge in [0.05, 0.1) is 12.6 Å². The summed E-state index contributed by atoms with van der Waals surface area (Å²) in [6.45, 7) is 0.755. The predicted molar refractivity (Wildman–Crippen MR) is 72.4 cm³/mol. The van der Waals surface area contributed by atoms with E-state index in [1.54, 1.807) is 0 Å². The molecule has 1 aliphatic rings. The Bertz CT molecular complexity index is 406. The number of rotatable bonds is 2. The van der Waals surface area contributed by atoms with E-state index in [0.717, 1.165) is 28.8 Å². The quantitative estimate of drug-likeness (QED) is 0.799. The normalized spacial score (nSPS) is 17.1. The van der Waals surface area contributed by atoms with Gasteiger partial charge in [0.15, 0.2) is 0 Å². The summed E-state index contributed by atoms with van der Waals surface area (Å²) in [5.41, 5.74) is 7.22. The number of hydrogen-bond donors (Lipinski definition) is 1. The topological polar surface area (TPSA) is 35.2 Å². The second-order valence-electron chi connectivity index (χ2n) is 3.39. The van der Waals surface area contributed by atoms with E-state index in [0.29, 0.717) is 0 Å². The third-order valence-corrected chi connectivity index (χ3v) is 3.72. The van der Waals surface area contributed by atoms with E-state index in [9.17, 15) is 0 Å². The van der Waals surface area contributed by atoms with Crippen LogP contribution in [0.4, 0.5) is 0 Å². The largest absolute Gasteiger partial charge is 0.496 e. The molecule has 15 heavy (non-hydrogen) atoms. The lowest BCUT2D eigenvalue weighted by Crippen LogP contribution is -2.14. The smallest absolute Gasteiger partial charge is 0.113 e. The number of hydrogen-bond acceptors (Lipinski definition) is 2. The summed E-state index contributed by atoms with van der Waals surface area (Å²) >= 11 is 5.79. The molecule has 0 aromatic heterocycles. The minimum atomic E-state index is -0.156. The van der Waals surface area contributed by atoms with Gasteiger partial charge in [-0.2, -0.15) is 0 Å². The zero-order valence-corrected chi connectivity index (χ0v) is 11.8. The van der Waals surface area contributed by atoms with Gasteiger partial charge in [-0.1, -0.05) is 15.9 Å². The molecule has 0 bridgehead atoms. The van der Waals surface area contributed by atoms with E-state index in [-0.39, 0.29) is 6.04 Å². The maximum Gasteiger partial charge on any atom is 0.113 e. The highest BCUT2D eigenvalue weighted by Crippen LogP contribution is 2.30. The van der Waals surface area contributed by atoms with Gasteiger partial charge in [0.1, 0.15) is 5.76 Å². The fourth-order valence-corrected chi connectivity index (χ4v) is 2.57. The summed E-state index contributed by atoms with van der Waals surface area (Å²) < 4.78 is 7.69. The van der Waals surface area contributed by atoms with Crippen LogP contribution in [0.15, 0.2) is 34.5 Å². The average Bonchev–Trinajstić information content (AvgIpc) is 2.74. The number of ether oxygens (including phenoxy) is 1. The van der Waals surface area contributed by atoms with Crippen molar-refractivity contribution in [3.05, 3.63) is 43.6 Å². The van der Waals surface area contributed by atoms with Crippen LogP contribution in [0.2, 0.25) is 0 Å². The molecule has 2 nitrogen and oxygen atoms in total. The third-order valence-electron chi connectivity index (χ3n) is 2.33. The molecule has 0 aliphatic carbocycles. The first-order chi connectivity index (χ1) is 7.18. The first-order valence-corrected chi connectivity index (χ1v) is 6.59. The second-order valence-corrected chi connectivity index (χ2v) is 5.49. The van der Waals surface area contributed by atoms with Crippen LogP contribution >= 0.6 is 38.5 Å². The lowest BCUT2D eigenvalue weighted by atomic mass is 10.1. The van der Waals surface area contributed by atoms with Crippen molar-refractivity contribution in [2.45, 2.75) is 12.5 Å². The molecule has 1 aromatic carbocycles. The summed E-state index contributed by atoms with van der Waals surface area (Å²) in [6, 6.07) is 5.99. The Labute approximate surface area is 111 Å². The van der Waals surface area contributed by atoms with Crippen LogP contribution in [0.25, 0.3) is 0 Å². The molecule has 1 atom stereocenters. The van der Waals surface area contributed by atoms with Gasteiger partial charge in [-0.25, -0.2) is 0 Å². The Balaban J connectivity index is 2.31. The Hall–Kier alpha value is -0.0700. The molecule has 1 heterocycles. The first kappa shape index (κ1) is 11.4. The zero-order chi connectivity index (χ0) is 10.8. The van der Waals surface area contributed by atoms with Crippen LogP contribution in [0.3, 0.4) is 0 Å². The Kier molecular flexibility index (Phi) is 3.69. The van der Waals surface area contributed by atoms with E-state index in [4.69, 9.17) is 10.5 Å². The number of halogens is 2. The van der Waals surface area contributed by atoms with Gasteiger partial charge in [0.2, 0.25) is 0 Å². The fraction of sp³-hybridized carbons (Fsp3) is 0.273. The highest BCUT2D eigenvalue weighted by Gasteiger charge is 2.18. The maximum absolute atomic E-state index is 6.14. The molecule has 2 N–H and O–H groups in total. The van der Waals surface area contributed by atoms with Gasteiger partial charge < -0.3 is 10.5 Å². The zero-order valence-electron chi connectivity index (χ0n) is 8.04. The SMILES string of the molecule is NC(C1=CCCO1)c1cc(I)ccc1Br. The van der Waals surface area contributed by atoms with Crippen LogP contribution in [0, 0.1) is 3.57 Å². The molecule has 0 radical (unpaired) electrons. The molecular formula is C11H11BrINO. The summed E-state index contributed by atoms with van der Waals surface area (Å²) in [7, 11) is 0. The fourth-order valence-electron chi connectivity index (χ4n) is 1.56. The second kappa shape index (κ2) is 4.84. The number of nitrogens with two attached hydrogens (primary N) is 1. The monoisotopic (exact) mass is 379 g/mol. The molecule has 2 rings (SSSR count). The summed E-state index contributed by atoms with van der Waals surface area (Å²) in [4.78, 5) is 0. The van der Waals surface area contributed by atoms with Crippen molar-refractivity contribution in [3.8, 4) is 0 Å². The molecule has 1 aromatic rings. The summed E-state index contributed by atoms with van der Waals surface area (Å²) in [6.07, 6.45) is 3.03. The Morgan fingerprint density at radius 2 is 2.27 bits per heavy atom. The van der Waals surface area contributed by atoms with E-state index in [1.807, 2.05) is 12.1 Å². The molecule has 0 amide bonds. The van der Waals surface area contributed by atoms with Crippen molar-refractivity contribution in [1.82, 2.24) is 0 Å². The van der Waals surface area contributed by atoms with Gasteiger partial charge in [0, 0.05) is 14.5 Å². The van der Waals surface area contributed by atoms with Crippen LogP contribution in [0.1, 0.15) is 18.0 Å². The minimum absolute atomic E-state index is 0.156. The highest BCUT2D eigenvalue weighted by molar-refractivity contribution is 14.1. The number of benzene rings is 1. The van der Waals surface area contributed by atoms with Crippen molar-refractivity contribution in [2.75, 3.05) is 6.61 Å². The van der Waals surface area contributed by atoms with Gasteiger partial charge in [0.25, 0.3) is 0 Å². The van der Waals surface area contributed by atoms with Gasteiger partial charge in [-0.05, 0) is 52.4 Å². The van der Waals surface area contributed by atoms with Crippen LogP contribution in [0.5, 0.6) is 0 Å². The summed E-state index contributed by atoms with van der Waals surface area (Å²) in [5, 5.41) is 0. The van der Waals surface area contributed by atoms with Crippen molar-refractivity contribution in [3.63, 3.8) is 0 Å². The maximum atomic E-state index is 6.14. The van der Waals surface area contributed by atoms with Gasteiger partial charge in [-0.15, -0.1) is 0 Å². The Morgan fingerprint density at radius 1 is 1.47 bits per heavy atom. The average molecular weight is 380 g/mol. The third kappa shape index (κ3) is 2.54. The van der Waals surface area contributed by atoms with E-state index >= 15 is 0 Å². The van der Waals surface area contributed by atoms with E-state index in [2.05, 4.69) is 50.7 Å². The first-order valence-electron chi connectivity index (χ1n) is 4.72. The molecule has 1 unspecified atom stereocenters. The van der Waals surface area contributed by atoms with Crippen molar-refractivity contribution < 1.29 is 4.74 Å². The molecule has 0 fully saturated rings. The van der Waals surface area contributed by atoms with E-state index in [1.165, 1.54) is 3.57 Å². The molecule has 0 saturated carbocycles. The van der Waals surface area contributed by atoms with Crippen molar-refractivity contribution >= 4 is 38.5 Å². The molecule has 0 spiro atoms. The minimum Gasteiger partial charge on any atom is -0.496 e. The predicted octanol–water partition coefficient (Wildman–Crippen LogP) is 3.36. The molecule has 4 heteroatoms. The van der Waals surface area contributed by atoms with Gasteiger partial charge in [-0.3, -0.25) is 0 Å².